The molecule has 1 N–H and O–H groups in total. The Bertz CT molecular complexity index is 284. The average molecular weight is 282 g/mol. The molecule has 0 aromatic carbocycles. The minimum atomic E-state index is 0.0248. The summed E-state index contributed by atoms with van der Waals surface area (Å²) in [5.74, 6) is 0.171. The lowest BCUT2D eigenvalue weighted by Gasteiger charge is -2.23. The van der Waals surface area contributed by atoms with Crippen molar-refractivity contribution >= 4 is 5.91 Å². The second-order valence-corrected chi connectivity index (χ2v) is 6.19. The van der Waals surface area contributed by atoms with Gasteiger partial charge in [0, 0.05) is 13.2 Å². The minimum absolute atomic E-state index is 0.0248. The van der Waals surface area contributed by atoms with Gasteiger partial charge in [-0.25, -0.2) is 0 Å². The van der Waals surface area contributed by atoms with E-state index < -0.39 is 0 Å². The molecule has 0 spiro atoms. The molecule has 1 saturated carbocycles. The van der Waals surface area contributed by atoms with Crippen molar-refractivity contribution in [1.82, 2.24) is 10.2 Å². The summed E-state index contributed by atoms with van der Waals surface area (Å²) in [6, 6.07) is 0.0248. The molecule has 1 heterocycles. The van der Waals surface area contributed by atoms with E-state index in [1.54, 1.807) is 0 Å². The summed E-state index contributed by atoms with van der Waals surface area (Å²) in [5.41, 5.74) is 0. The molecule has 2 rings (SSSR count). The highest BCUT2D eigenvalue weighted by Gasteiger charge is 2.23. The number of nitrogens with zero attached hydrogens (tertiary/aromatic N) is 1. The fourth-order valence-corrected chi connectivity index (χ4v) is 3.21. The predicted octanol–water partition coefficient (Wildman–Crippen LogP) is 2.33. The molecule has 1 atom stereocenters. The molecule has 0 aromatic heterocycles. The molecule has 0 bridgehead atoms. The van der Waals surface area contributed by atoms with Gasteiger partial charge in [0.2, 0.25) is 5.91 Å². The van der Waals surface area contributed by atoms with Crippen molar-refractivity contribution in [2.45, 2.75) is 70.4 Å². The van der Waals surface area contributed by atoms with Gasteiger partial charge in [-0.1, -0.05) is 19.3 Å². The molecule has 2 fully saturated rings. The van der Waals surface area contributed by atoms with E-state index in [1.807, 2.05) is 6.92 Å². The zero-order valence-electron chi connectivity index (χ0n) is 12.9. The van der Waals surface area contributed by atoms with Crippen molar-refractivity contribution in [3.05, 3.63) is 0 Å². The van der Waals surface area contributed by atoms with Crippen molar-refractivity contribution < 1.29 is 9.53 Å². The Kier molecular flexibility index (Phi) is 6.80. The summed E-state index contributed by atoms with van der Waals surface area (Å²) in [5, 5.41) is 3.04. The summed E-state index contributed by atoms with van der Waals surface area (Å²) in [6.45, 7) is 5.67. The summed E-state index contributed by atoms with van der Waals surface area (Å²) in [4.78, 5) is 14.3. The number of ether oxygens (including phenoxy) is 1. The van der Waals surface area contributed by atoms with Gasteiger partial charge < -0.3 is 10.1 Å². The molecule has 1 saturated heterocycles. The van der Waals surface area contributed by atoms with Crippen molar-refractivity contribution in [1.29, 1.82) is 0 Å². The zero-order valence-corrected chi connectivity index (χ0v) is 12.9. The number of hydrogen-bond donors (Lipinski definition) is 1. The van der Waals surface area contributed by atoms with Gasteiger partial charge in [0.05, 0.1) is 12.1 Å². The van der Waals surface area contributed by atoms with Crippen molar-refractivity contribution in [3.8, 4) is 0 Å². The van der Waals surface area contributed by atoms with Crippen LogP contribution in [-0.2, 0) is 9.53 Å². The Morgan fingerprint density at radius 2 is 1.90 bits per heavy atom. The number of likely N-dealkylation sites (tertiary alicyclic amines) is 1. The largest absolute Gasteiger partial charge is 0.378 e. The molecule has 1 aliphatic heterocycles. The molecule has 4 heteroatoms. The third-order valence-corrected chi connectivity index (χ3v) is 4.59. The Balaban J connectivity index is 1.50. The van der Waals surface area contributed by atoms with E-state index in [0.717, 1.165) is 32.7 Å². The molecular formula is C16H30N2O2. The standard InChI is InChI=1S/C16H30N2O2/c1-14(18-11-5-6-12-18)16(19)17-10-7-13-20-15-8-3-2-4-9-15/h14-15H,2-13H2,1H3,(H,17,19). The SMILES string of the molecule is CC(C(=O)NCCCOC1CCCCC1)N1CCCC1. The molecule has 0 radical (unpaired) electrons. The van der Waals surface area contributed by atoms with Gasteiger partial charge >= 0.3 is 0 Å². The maximum absolute atomic E-state index is 12.0. The molecule has 1 unspecified atom stereocenters. The molecule has 4 nitrogen and oxygen atoms in total. The van der Waals surface area contributed by atoms with Crippen LogP contribution in [0.2, 0.25) is 0 Å². The first-order valence-corrected chi connectivity index (χ1v) is 8.41. The Morgan fingerprint density at radius 3 is 2.60 bits per heavy atom. The molecule has 2 aliphatic rings. The van der Waals surface area contributed by atoms with Crippen molar-refractivity contribution in [2.75, 3.05) is 26.2 Å². The highest BCUT2D eigenvalue weighted by atomic mass is 16.5. The predicted molar refractivity (Wildman–Crippen MR) is 80.7 cm³/mol. The number of carbonyl (C=O) groups excluding carboxylic acids is 1. The van der Waals surface area contributed by atoms with Gasteiger partial charge in [-0.15, -0.1) is 0 Å². The smallest absolute Gasteiger partial charge is 0.237 e. The first-order valence-electron chi connectivity index (χ1n) is 8.41. The molecule has 0 aromatic rings. The number of rotatable bonds is 7. The quantitative estimate of drug-likeness (QED) is 0.729. The molecule has 20 heavy (non-hydrogen) atoms. The lowest BCUT2D eigenvalue weighted by atomic mass is 9.98. The number of nitrogens with one attached hydrogen (secondary N) is 1. The Hall–Kier alpha value is -0.610. The Morgan fingerprint density at radius 1 is 1.20 bits per heavy atom. The third kappa shape index (κ3) is 5.06. The van der Waals surface area contributed by atoms with Gasteiger partial charge in [0.25, 0.3) is 0 Å². The maximum Gasteiger partial charge on any atom is 0.237 e. The van der Waals surface area contributed by atoms with Crippen LogP contribution in [0.25, 0.3) is 0 Å². The van der Waals surface area contributed by atoms with Crippen LogP contribution in [0.3, 0.4) is 0 Å². The van der Waals surface area contributed by atoms with E-state index in [2.05, 4.69) is 10.2 Å². The summed E-state index contributed by atoms with van der Waals surface area (Å²) in [6.07, 6.45) is 10.3. The molecule has 1 aliphatic carbocycles. The van der Waals surface area contributed by atoms with Crippen molar-refractivity contribution in [3.63, 3.8) is 0 Å². The van der Waals surface area contributed by atoms with Crippen LogP contribution < -0.4 is 5.32 Å². The molecule has 116 valence electrons. The van der Waals surface area contributed by atoms with Crippen LogP contribution >= 0.6 is 0 Å². The molecular weight excluding hydrogens is 252 g/mol. The van der Waals surface area contributed by atoms with Gasteiger partial charge in [-0.05, 0) is 52.1 Å². The third-order valence-electron chi connectivity index (χ3n) is 4.59. The fraction of sp³-hybridized carbons (Fsp3) is 0.938. The van der Waals surface area contributed by atoms with Crippen LogP contribution in [0, 0.1) is 0 Å². The second kappa shape index (κ2) is 8.63. The lowest BCUT2D eigenvalue weighted by Crippen LogP contribution is -2.44. The van der Waals surface area contributed by atoms with E-state index in [1.165, 1.54) is 44.9 Å². The van der Waals surface area contributed by atoms with E-state index in [9.17, 15) is 4.79 Å². The first-order chi connectivity index (χ1) is 9.77. The van der Waals surface area contributed by atoms with Gasteiger partial charge in [0.1, 0.15) is 0 Å². The highest BCUT2D eigenvalue weighted by Crippen LogP contribution is 2.20. The van der Waals surface area contributed by atoms with Crippen LogP contribution in [0.5, 0.6) is 0 Å². The summed E-state index contributed by atoms with van der Waals surface area (Å²) < 4.78 is 5.86. The van der Waals surface area contributed by atoms with Crippen LogP contribution in [0.4, 0.5) is 0 Å². The normalized spacial score (nSPS) is 22.9. The van der Waals surface area contributed by atoms with E-state index >= 15 is 0 Å². The lowest BCUT2D eigenvalue weighted by molar-refractivity contribution is -0.125. The van der Waals surface area contributed by atoms with E-state index in [4.69, 9.17) is 4.74 Å². The summed E-state index contributed by atoms with van der Waals surface area (Å²) >= 11 is 0. The highest BCUT2D eigenvalue weighted by molar-refractivity contribution is 5.81. The molecule has 1 amide bonds. The number of amides is 1. The number of hydrogen-bond acceptors (Lipinski definition) is 3. The van der Waals surface area contributed by atoms with Gasteiger partial charge in [-0.2, -0.15) is 0 Å². The monoisotopic (exact) mass is 282 g/mol. The van der Waals surface area contributed by atoms with Crippen LogP contribution in [0.1, 0.15) is 58.3 Å². The van der Waals surface area contributed by atoms with Crippen molar-refractivity contribution in [2.24, 2.45) is 0 Å². The van der Waals surface area contributed by atoms with Gasteiger partial charge in [-0.3, -0.25) is 9.69 Å². The zero-order chi connectivity index (χ0) is 14.2. The number of carbonyl (C=O) groups is 1. The Labute approximate surface area is 123 Å². The topological polar surface area (TPSA) is 41.6 Å². The van der Waals surface area contributed by atoms with E-state index in [-0.39, 0.29) is 11.9 Å². The average Bonchev–Trinajstić information content (AvgIpc) is 3.01. The fourth-order valence-electron chi connectivity index (χ4n) is 3.21. The first kappa shape index (κ1) is 15.8. The van der Waals surface area contributed by atoms with Gasteiger partial charge in [0.15, 0.2) is 0 Å². The van der Waals surface area contributed by atoms with Crippen LogP contribution in [0.15, 0.2) is 0 Å². The second-order valence-electron chi connectivity index (χ2n) is 6.19. The maximum atomic E-state index is 12.0. The minimum Gasteiger partial charge on any atom is -0.378 e. The van der Waals surface area contributed by atoms with Crippen LogP contribution in [-0.4, -0.2) is 49.2 Å². The van der Waals surface area contributed by atoms with E-state index in [0.29, 0.717) is 6.10 Å². The summed E-state index contributed by atoms with van der Waals surface area (Å²) in [7, 11) is 0.